The molecule has 0 aromatic heterocycles. The Morgan fingerprint density at radius 3 is 1.29 bits per heavy atom. The zero-order chi connectivity index (χ0) is 20.0. The standard InChI is InChI=1S/C26H26O2/c1-5-27-25(3,21-14-9-7-10-15-21)23-18-13-19-24(20-23)26(4,28-6-2)22-16-11-8-12-17-22/h5-20H,1-2H2,3-4H3. The summed E-state index contributed by atoms with van der Waals surface area (Å²) >= 11 is 0. The van der Waals surface area contributed by atoms with E-state index in [9.17, 15) is 0 Å². The van der Waals surface area contributed by atoms with Gasteiger partial charge in [-0.3, -0.25) is 0 Å². The van der Waals surface area contributed by atoms with Crippen molar-refractivity contribution >= 4 is 0 Å². The topological polar surface area (TPSA) is 18.5 Å². The van der Waals surface area contributed by atoms with E-state index < -0.39 is 11.2 Å². The van der Waals surface area contributed by atoms with Crippen LogP contribution in [-0.4, -0.2) is 0 Å². The van der Waals surface area contributed by atoms with Gasteiger partial charge in [-0.1, -0.05) is 92.0 Å². The molecule has 2 heteroatoms. The van der Waals surface area contributed by atoms with Crippen molar-refractivity contribution in [2.75, 3.05) is 0 Å². The second kappa shape index (κ2) is 8.18. The number of hydrogen-bond donors (Lipinski definition) is 0. The van der Waals surface area contributed by atoms with Gasteiger partial charge in [0.15, 0.2) is 11.2 Å². The molecule has 3 aromatic rings. The Balaban J connectivity index is 2.14. The van der Waals surface area contributed by atoms with Crippen LogP contribution in [0, 0.1) is 0 Å². The van der Waals surface area contributed by atoms with E-state index in [1.165, 1.54) is 12.5 Å². The van der Waals surface area contributed by atoms with Crippen molar-refractivity contribution in [2.24, 2.45) is 0 Å². The van der Waals surface area contributed by atoms with E-state index in [1.807, 2.05) is 42.5 Å². The van der Waals surface area contributed by atoms with E-state index in [1.54, 1.807) is 0 Å². The Hall–Kier alpha value is -3.26. The molecular formula is C26H26O2. The second-order valence-electron chi connectivity index (χ2n) is 6.95. The third-order valence-electron chi connectivity index (χ3n) is 5.25. The average Bonchev–Trinajstić information content (AvgIpc) is 2.75. The number of hydrogen-bond acceptors (Lipinski definition) is 2. The molecule has 0 N–H and O–H groups in total. The molecule has 2 nitrogen and oxygen atoms in total. The van der Waals surface area contributed by atoms with E-state index in [4.69, 9.17) is 9.47 Å². The van der Waals surface area contributed by atoms with Gasteiger partial charge < -0.3 is 9.47 Å². The van der Waals surface area contributed by atoms with Crippen molar-refractivity contribution in [2.45, 2.75) is 25.0 Å². The zero-order valence-corrected chi connectivity index (χ0v) is 16.5. The molecule has 2 unspecified atom stereocenters. The monoisotopic (exact) mass is 370 g/mol. The molecule has 142 valence electrons. The maximum Gasteiger partial charge on any atom is 0.155 e. The Bertz CT molecular complexity index is 858. The number of ether oxygens (including phenoxy) is 2. The number of rotatable bonds is 8. The maximum absolute atomic E-state index is 6.04. The van der Waals surface area contributed by atoms with E-state index in [0.29, 0.717) is 0 Å². The van der Waals surface area contributed by atoms with Crippen LogP contribution in [0.15, 0.2) is 111 Å². The Kier molecular flexibility index (Phi) is 5.70. The smallest absolute Gasteiger partial charge is 0.155 e. The van der Waals surface area contributed by atoms with Gasteiger partial charge in [-0.2, -0.15) is 0 Å². The van der Waals surface area contributed by atoms with Crippen LogP contribution in [0.5, 0.6) is 0 Å². The summed E-state index contributed by atoms with van der Waals surface area (Å²) in [7, 11) is 0. The quantitative estimate of drug-likeness (QED) is 0.419. The van der Waals surface area contributed by atoms with Crippen LogP contribution in [0.2, 0.25) is 0 Å². The summed E-state index contributed by atoms with van der Waals surface area (Å²) in [4.78, 5) is 0. The fourth-order valence-corrected chi connectivity index (χ4v) is 3.56. The van der Waals surface area contributed by atoms with Crippen LogP contribution in [0.25, 0.3) is 0 Å². The minimum absolute atomic E-state index is 0.662. The highest BCUT2D eigenvalue weighted by Crippen LogP contribution is 2.38. The first-order valence-corrected chi connectivity index (χ1v) is 9.34. The third-order valence-corrected chi connectivity index (χ3v) is 5.25. The van der Waals surface area contributed by atoms with Crippen LogP contribution >= 0.6 is 0 Å². The molecule has 0 spiro atoms. The third kappa shape index (κ3) is 3.59. The summed E-state index contributed by atoms with van der Waals surface area (Å²) in [6, 6.07) is 28.6. The first kappa shape index (κ1) is 19.5. The van der Waals surface area contributed by atoms with Gasteiger partial charge in [0.25, 0.3) is 0 Å². The molecule has 0 aliphatic heterocycles. The van der Waals surface area contributed by atoms with Crippen LogP contribution < -0.4 is 0 Å². The summed E-state index contributed by atoms with van der Waals surface area (Å²) in [6.07, 6.45) is 2.99. The molecular weight excluding hydrogens is 344 g/mol. The maximum atomic E-state index is 6.04. The van der Waals surface area contributed by atoms with Crippen molar-refractivity contribution in [1.29, 1.82) is 0 Å². The van der Waals surface area contributed by atoms with Crippen molar-refractivity contribution in [3.05, 3.63) is 133 Å². The van der Waals surface area contributed by atoms with Gasteiger partial charge >= 0.3 is 0 Å². The van der Waals surface area contributed by atoms with Gasteiger partial charge in [-0.15, -0.1) is 0 Å². The molecule has 0 radical (unpaired) electrons. The molecule has 0 saturated carbocycles. The van der Waals surface area contributed by atoms with E-state index >= 15 is 0 Å². The Labute approximate surface area is 167 Å². The molecule has 0 aliphatic carbocycles. The molecule has 0 heterocycles. The molecule has 2 atom stereocenters. The first-order chi connectivity index (χ1) is 13.5. The normalized spacial score (nSPS) is 14.9. The van der Waals surface area contributed by atoms with Crippen molar-refractivity contribution in [3.8, 4) is 0 Å². The highest BCUT2D eigenvalue weighted by atomic mass is 16.5. The molecule has 0 saturated heterocycles. The lowest BCUT2D eigenvalue weighted by Gasteiger charge is -2.34. The van der Waals surface area contributed by atoms with Crippen LogP contribution in [-0.2, 0) is 20.7 Å². The Morgan fingerprint density at radius 2 is 0.929 bits per heavy atom. The van der Waals surface area contributed by atoms with E-state index in [0.717, 1.165) is 22.3 Å². The molecule has 28 heavy (non-hydrogen) atoms. The van der Waals surface area contributed by atoms with Crippen molar-refractivity contribution in [3.63, 3.8) is 0 Å². The highest BCUT2D eigenvalue weighted by molar-refractivity contribution is 5.43. The zero-order valence-electron chi connectivity index (χ0n) is 16.5. The fourth-order valence-electron chi connectivity index (χ4n) is 3.56. The molecule has 0 aliphatic rings. The van der Waals surface area contributed by atoms with Gasteiger partial charge in [0.1, 0.15) is 0 Å². The van der Waals surface area contributed by atoms with E-state index in [-0.39, 0.29) is 0 Å². The summed E-state index contributed by atoms with van der Waals surface area (Å²) in [5.41, 5.74) is 2.82. The van der Waals surface area contributed by atoms with Crippen molar-refractivity contribution < 1.29 is 9.47 Å². The molecule has 0 fully saturated rings. The predicted molar refractivity (Wildman–Crippen MR) is 115 cm³/mol. The highest BCUT2D eigenvalue weighted by Gasteiger charge is 2.34. The van der Waals surface area contributed by atoms with Gasteiger partial charge in [0.05, 0.1) is 12.5 Å². The minimum atomic E-state index is -0.662. The fraction of sp³-hybridized carbons (Fsp3) is 0.154. The lowest BCUT2D eigenvalue weighted by molar-refractivity contribution is 0.0712. The second-order valence-corrected chi connectivity index (χ2v) is 6.95. The van der Waals surface area contributed by atoms with Gasteiger partial charge in [-0.05, 0) is 31.0 Å². The van der Waals surface area contributed by atoms with Crippen molar-refractivity contribution in [1.82, 2.24) is 0 Å². The van der Waals surface area contributed by atoms with Gasteiger partial charge in [0, 0.05) is 11.1 Å². The van der Waals surface area contributed by atoms with Crippen LogP contribution in [0.1, 0.15) is 36.1 Å². The Morgan fingerprint density at radius 1 is 0.571 bits per heavy atom. The summed E-state index contributed by atoms with van der Waals surface area (Å²) in [6.45, 7) is 11.7. The van der Waals surface area contributed by atoms with Gasteiger partial charge in [-0.25, -0.2) is 0 Å². The van der Waals surface area contributed by atoms with Crippen LogP contribution in [0.3, 0.4) is 0 Å². The van der Waals surface area contributed by atoms with Gasteiger partial charge in [0.2, 0.25) is 0 Å². The molecule has 3 rings (SSSR count). The largest absolute Gasteiger partial charge is 0.486 e. The molecule has 0 amide bonds. The molecule has 0 bridgehead atoms. The first-order valence-electron chi connectivity index (χ1n) is 9.34. The predicted octanol–water partition coefficient (Wildman–Crippen LogP) is 6.53. The molecule has 3 aromatic carbocycles. The summed E-state index contributed by atoms with van der Waals surface area (Å²) < 4.78 is 12.1. The van der Waals surface area contributed by atoms with E-state index in [2.05, 4.69) is 69.5 Å². The minimum Gasteiger partial charge on any atom is -0.486 e. The summed E-state index contributed by atoms with van der Waals surface area (Å²) in [5, 5.41) is 0. The average molecular weight is 370 g/mol. The lowest BCUT2D eigenvalue weighted by Crippen LogP contribution is -2.29. The lowest BCUT2D eigenvalue weighted by atomic mass is 9.82. The number of benzene rings is 3. The SMILES string of the molecule is C=COC(C)(c1ccccc1)c1cccc(C(C)(OC=C)c2ccccc2)c1. The summed E-state index contributed by atoms with van der Waals surface area (Å²) in [5.74, 6) is 0. The van der Waals surface area contributed by atoms with Crippen LogP contribution in [0.4, 0.5) is 0 Å².